The molecule has 0 saturated carbocycles. The van der Waals surface area contributed by atoms with Crippen LogP contribution >= 0.6 is 0 Å². The molecule has 0 heterocycles. The van der Waals surface area contributed by atoms with Gasteiger partial charge in [0.15, 0.2) is 5.78 Å². The lowest BCUT2D eigenvalue weighted by atomic mass is 10.1. The van der Waals surface area contributed by atoms with E-state index in [-0.39, 0.29) is 12.4 Å². The molecule has 0 radical (unpaired) electrons. The standard InChI is InChI=1S/C13H12O2/c1-2-10-15-11-6-9-13(14)12-7-4-3-5-8-12/h1,3-9H,10-11H2/b9-6+. The summed E-state index contributed by atoms with van der Waals surface area (Å²) in [4.78, 5) is 11.5. The maximum atomic E-state index is 11.5. The smallest absolute Gasteiger partial charge is 0.185 e. The quantitative estimate of drug-likeness (QED) is 0.315. The van der Waals surface area contributed by atoms with E-state index in [9.17, 15) is 4.79 Å². The minimum absolute atomic E-state index is 0.0279. The Balaban J connectivity index is 2.40. The topological polar surface area (TPSA) is 26.3 Å². The third kappa shape index (κ3) is 4.26. The maximum absolute atomic E-state index is 11.5. The Labute approximate surface area is 89.6 Å². The molecule has 1 rings (SSSR count). The predicted octanol–water partition coefficient (Wildman–Crippen LogP) is 2.08. The molecule has 0 aliphatic rings. The molecule has 0 fully saturated rings. The summed E-state index contributed by atoms with van der Waals surface area (Å²) in [6.45, 7) is 0.632. The number of allylic oxidation sites excluding steroid dienone is 1. The normalized spacial score (nSPS) is 10.1. The Kier molecular flexibility index (Phi) is 4.93. The van der Waals surface area contributed by atoms with E-state index in [2.05, 4.69) is 5.92 Å². The molecule has 0 aliphatic heterocycles. The second kappa shape index (κ2) is 6.58. The molecular formula is C13H12O2. The van der Waals surface area contributed by atoms with Crippen LogP contribution in [0.5, 0.6) is 0 Å². The van der Waals surface area contributed by atoms with Crippen molar-refractivity contribution in [2.24, 2.45) is 0 Å². The lowest BCUT2D eigenvalue weighted by molar-refractivity contribution is 0.104. The Morgan fingerprint density at radius 2 is 2.13 bits per heavy atom. The SMILES string of the molecule is C#CCOC/C=C/C(=O)c1ccccc1. The molecule has 2 nitrogen and oxygen atoms in total. The van der Waals surface area contributed by atoms with Crippen molar-refractivity contribution in [2.45, 2.75) is 0 Å². The molecule has 0 aliphatic carbocycles. The second-order valence-electron chi connectivity index (χ2n) is 2.85. The fourth-order valence-electron chi connectivity index (χ4n) is 1.04. The van der Waals surface area contributed by atoms with Crippen LogP contribution in [0.15, 0.2) is 42.5 Å². The number of ether oxygens (including phenoxy) is 1. The van der Waals surface area contributed by atoms with Crippen LogP contribution in [-0.2, 0) is 4.74 Å². The molecule has 0 amide bonds. The Bertz CT molecular complexity index is 371. The van der Waals surface area contributed by atoms with Gasteiger partial charge >= 0.3 is 0 Å². The van der Waals surface area contributed by atoms with Crippen molar-refractivity contribution >= 4 is 5.78 Å². The van der Waals surface area contributed by atoms with E-state index in [0.717, 1.165) is 0 Å². The maximum Gasteiger partial charge on any atom is 0.185 e. The van der Waals surface area contributed by atoms with Crippen LogP contribution in [0.4, 0.5) is 0 Å². The molecule has 2 heteroatoms. The summed E-state index contributed by atoms with van der Waals surface area (Å²) in [6.07, 6.45) is 8.15. The first-order valence-electron chi connectivity index (χ1n) is 4.61. The Morgan fingerprint density at radius 3 is 2.80 bits per heavy atom. The highest BCUT2D eigenvalue weighted by Crippen LogP contribution is 2.00. The number of hydrogen-bond acceptors (Lipinski definition) is 2. The highest BCUT2D eigenvalue weighted by Gasteiger charge is 1.98. The van der Waals surface area contributed by atoms with Crippen LogP contribution in [0.2, 0.25) is 0 Å². The number of rotatable bonds is 5. The number of carbonyl (C=O) groups is 1. The summed E-state index contributed by atoms with van der Waals surface area (Å²) in [6, 6.07) is 9.08. The van der Waals surface area contributed by atoms with Crippen molar-refractivity contribution in [2.75, 3.05) is 13.2 Å². The molecular weight excluding hydrogens is 188 g/mol. The van der Waals surface area contributed by atoms with Crippen LogP contribution in [0.3, 0.4) is 0 Å². The minimum atomic E-state index is -0.0279. The lowest BCUT2D eigenvalue weighted by Crippen LogP contribution is -1.95. The molecule has 0 atom stereocenters. The van der Waals surface area contributed by atoms with E-state index in [1.54, 1.807) is 18.2 Å². The van der Waals surface area contributed by atoms with Crippen LogP contribution in [0, 0.1) is 12.3 Å². The summed E-state index contributed by atoms with van der Waals surface area (Å²) in [5.41, 5.74) is 0.672. The Hall–Kier alpha value is -1.85. The van der Waals surface area contributed by atoms with Crippen LogP contribution < -0.4 is 0 Å². The second-order valence-corrected chi connectivity index (χ2v) is 2.85. The average Bonchev–Trinajstić information content (AvgIpc) is 2.30. The molecule has 1 aromatic rings. The van der Waals surface area contributed by atoms with E-state index in [4.69, 9.17) is 11.2 Å². The third-order valence-electron chi connectivity index (χ3n) is 1.73. The van der Waals surface area contributed by atoms with E-state index in [1.807, 2.05) is 18.2 Å². The van der Waals surface area contributed by atoms with Crippen molar-refractivity contribution in [1.29, 1.82) is 0 Å². The predicted molar refractivity (Wildman–Crippen MR) is 59.6 cm³/mol. The average molecular weight is 200 g/mol. The van der Waals surface area contributed by atoms with Crippen LogP contribution in [-0.4, -0.2) is 19.0 Å². The van der Waals surface area contributed by atoms with Crippen molar-refractivity contribution < 1.29 is 9.53 Å². The first-order chi connectivity index (χ1) is 7.34. The van der Waals surface area contributed by atoms with Gasteiger partial charge in [-0.25, -0.2) is 0 Å². The van der Waals surface area contributed by atoms with Crippen molar-refractivity contribution in [1.82, 2.24) is 0 Å². The van der Waals surface area contributed by atoms with Gasteiger partial charge in [-0.15, -0.1) is 6.42 Å². The lowest BCUT2D eigenvalue weighted by Gasteiger charge is -1.94. The summed E-state index contributed by atoms with van der Waals surface area (Å²) in [5, 5.41) is 0. The zero-order chi connectivity index (χ0) is 10.9. The highest BCUT2D eigenvalue weighted by molar-refractivity contribution is 6.04. The van der Waals surface area contributed by atoms with Gasteiger partial charge in [0.2, 0.25) is 0 Å². The first kappa shape index (κ1) is 11.2. The van der Waals surface area contributed by atoms with E-state index in [0.29, 0.717) is 12.2 Å². The number of carbonyl (C=O) groups excluding carboxylic acids is 1. The number of benzene rings is 1. The van der Waals surface area contributed by atoms with Crippen LogP contribution in [0.25, 0.3) is 0 Å². The minimum Gasteiger partial charge on any atom is -0.365 e. The van der Waals surface area contributed by atoms with Crippen molar-refractivity contribution in [3.8, 4) is 12.3 Å². The zero-order valence-electron chi connectivity index (χ0n) is 8.35. The van der Waals surface area contributed by atoms with Gasteiger partial charge in [-0.3, -0.25) is 4.79 Å². The van der Waals surface area contributed by atoms with Gasteiger partial charge in [0, 0.05) is 5.56 Å². The zero-order valence-corrected chi connectivity index (χ0v) is 8.35. The number of ketones is 1. The van der Waals surface area contributed by atoms with Gasteiger partial charge in [0.25, 0.3) is 0 Å². The van der Waals surface area contributed by atoms with Gasteiger partial charge in [-0.2, -0.15) is 0 Å². The van der Waals surface area contributed by atoms with Gasteiger partial charge in [-0.05, 0) is 6.08 Å². The molecule has 0 unspecified atom stereocenters. The molecule has 0 aromatic heterocycles. The summed E-state index contributed by atoms with van der Waals surface area (Å²) < 4.78 is 4.99. The third-order valence-corrected chi connectivity index (χ3v) is 1.73. The molecule has 0 spiro atoms. The molecule has 15 heavy (non-hydrogen) atoms. The summed E-state index contributed by atoms with van der Waals surface area (Å²) in [7, 11) is 0. The van der Waals surface area contributed by atoms with Gasteiger partial charge < -0.3 is 4.74 Å². The first-order valence-corrected chi connectivity index (χ1v) is 4.61. The monoisotopic (exact) mass is 200 g/mol. The molecule has 0 N–H and O–H groups in total. The number of hydrogen-bond donors (Lipinski definition) is 0. The molecule has 0 bridgehead atoms. The number of terminal acetylenes is 1. The fraction of sp³-hybridized carbons (Fsp3) is 0.154. The largest absolute Gasteiger partial charge is 0.365 e. The van der Waals surface area contributed by atoms with E-state index >= 15 is 0 Å². The van der Waals surface area contributed by atoms with E-state index < -0.39 is 0 Å². The van der Waals surface area contributed by atoms with Gasteiger partial charge in [-0.1, -0.05) is 42.3 Å². The van der Waals surface area contributed by atoms with Crippen LogP contribution in [0.1, 0.15) is 10.4 Å². The van der Waals surface area contributed by atoms with Crippen molar-refractivity contribution in [3.05, 3.63) is 48.0 Å². The van der Waals surface area contributed by atoms with Gasteiger partial charge in [0.1, 0.15) is 6.61 Å². The van der Waals surface area contributed by atoms with Crippen molar-refractivity contribution in [3.63, 3.8) is 0 Å². The fourth-order valence-corrected chi connectivity index (χ4v) is 1.04. The Morgan fingerprint density at radius 1 is 1.40 bits per heavy atom. The van der Waals surface area contributed by atoms with Gasteiger partial charge in [0.05, 0.1) is 6.61 Å². The summed E-state index contributed by atoms with van der Waals surface area (Å²) >= 11 is 0. The molecule has 1 aromatic carbocycles. The highest BCUT2D eigenvalue weighted by atomic mass is 16.5. The van der Waals surface area contributed by atoms with E-state index in [1.165, 1.54) is 6.08 Å². The molecule has 0 saturated heterocycles. The summed E-state index contributed by atoms with van der Waals surface area (Å²) in [5.74, 6) is 2.32. The molecule has 76 valence electrons.